The Hall–Kier alpha value is -0.760. The van der Waals surface area contributed by atoms with Crippen molar-refractivity contribution in [3.63, 3.8) is 0 Å². The Labute approximate surface area is 108 Å². The average Bonchev–Trinajstić information content (AvgIpc) is 2.50. The topological polar surface area (TPSA) is 22.0 Å². The molecule has 0 amide bonds. The molecule has 2 rings (SSSR count). The molecule has 17 heavy (non-hydrogen) atoms. The van der Waals surface area contributed by atoms with E-state index in [-0.39, 0.29) is 11.7 Å². The lowest BCUT2D eigenvalue weighted by molar-refractivity contribution is 0.102. The summed E-state index contributed by atoms with van der Waals surface area (Å²) in [4.78, 5) is 11.7. The van der Waals surface area contributed by atoms with E-state index in [1.54, 1.807) is 0 Å². The summed E-state index contributed by atoms with van der Waals surface area (Å²) in [5, 5.41) is 0. The highest BCUT2D eigenvalue weighted by Gasteiger charge is 2.27. The van der Waals surface area contributed by atoms with Gasteiger partial charge in [0.25, 0.3) is 0 Å². The first-order valence-corrected chi connectivity index (χ1v) is 6.87. The Kier molecular flexibility index (Phi) is 3.62. The van der Waals surface area contributed by atoms with E-state index < -0.39 is 0 Å². The van der Waals surface area contributed by atoms with Gasteiger partial charge in [0.05, 0.1) is 5.88 Å². The molecule has 1 aliphatic carbocycles. The maximum atomic E-state index is 11.7. The second-order valence-corrected chi connectivity index (χ2v) is 5.41. The zero-order valence-electron chi connectivity index (χ0n) is 10.8. The number of aromatic nitrogens is 1. The summed E-state index contributed by atoms with van der Waals surface area (Å²) in [6.45, 7) is 6.37. The monoisotopic (exact) mass is 253 g/mol. The lowest BCUT2D eigenvalue weighted by atomic mass is 9.80. The van der Waals surface area contributed by atoms with E-state index in [0.29, 0.717) is 6.04 Å². The number of carbonyl (C=O) groups is 1. The van der Waals surface area contributed by atoms with Gasteiger partial charge in [0.1, 0.15) is 0 Å². The Morgan fingerprint density at radius 1 is 1.53 bits per heavy atom. The first-order valence-electron chi connectivity index (χ1n) is 6.33. The van der Waals surface area contributed by atoms with Crippen molar-refractivity contribution in [2.45, 2.75) is 46.1 Å². The molecule has 1 heterocycles. The molecular weight excluding hydrogens is 234 g/mol. The Morgan fingerprint density at radius 3 is 2.65 bits per heavy atom. The van der Waals surface area contributed by atoms with E-state index in [1.165, 1.54) is 25.0 Å². The number of Topliss-reactive ketones (excluding diaryl/α,β-unsaturated/α-hetero) is 1. The fraction of sp³-hybridized carbons (Fsp3) is 0.643. The number of nitrogens with zero attached hydrogens (tertiary/aromatic N) is 1. The smallest absolute Gasteiger partial charge is 0.179 e. The molecule has 0 aromatic carbocycles. The van der Waals surface area contributed by atoms with E-state index >= 15 is 0 Å². The van der Waals surface area contributed by atoms with Gasteiger partial charge in [0.15, 0.2) is 5.78 Å². The van der Waals surface area contributed by atoms with Crippen LogP contribution in [-0.4, -0.2) is 16.2 Å². The quantitative estimate of drug-likeness (QED) is 0.590. The number of carbonyl (C=O) groups excluding carboxylic acids is 1. The van der Waals surface area contributed by atoms with Crippen LogP contribution in [0.1, 0.15) is 54.0 Å². The minimum Gasteiger partial charge on any atom is -0.345 e. The highest BCUT2D eigenvalue weighted by molar-refractivity contribution is 6.30. The van der Waals surface area contributed by atoms with Gasteiger partial charge in [-0.1, -0.05) is 6.42 Å². The molecule has 0 radical (unpaired) electrons. The van der Waals surface area contributed by atoms with Crippen molar-refractivity contribution >= 4 is 17.4 Å². The SMILES string of the molecule is Cc1cc(C(=O)CCl)c(C)n1C(C)C1CCC1. The number of aryl methyl sites for hydroxylation is 1. The van der Waals surface area contributed by atoms with E-state index in [1.807, 2.05) is 13.0 Å². The van der Waals surface area contributed by atoms with Gasteiger partial charge in [0, 0.05) is 23.0 Å². The van der Waals surface area contributed by atoms with Gasteiger partial charge in [-0.3, -0.25) is 4.79 Å². The van der Waals surface area contributed by atoms with E-state index in [9.17, 15) is 4.79 Å². The molecule has 94 valence electrons. The van der Waals surface area contributed by atoms with Crippen molar-refractivity contribution in [2.75, 3.05) is 5.88 Å². The van der Waals surface area contributed by atoms with Gasteiger partial charge in [-0.05, 0) is 45.6 Å². The summed E-state index contributed by atoms with van der Waals surface area (Å²) in [6, 6.07) is 2.48. The molecular formula is C14H20ClNO. The maximum absolute atomic E-state index is 11.7. The van der Waals surface area contributed by atoms with Crippen LogP contribution in [0.2, 0.25) is 0 Å². The highest BCUT2D eigenvalue weighted by Crippen LogP contribution is 2.38. The Morgan fingerprint density at radius 2 is 2.18 bits per heavy atom. The second-order valence-electron chi connectivity index (χ2n) is 5.14. The number of hydrogen-bond donors (Lipinski definition) is 0. The van der Waals surface area contributed by atoms with Gasteiger partial charge in [-0.2, -0.15) is 0 Å². The van der Waals surface area contributed by atoms with Crippen molar-refractivity contribution < 1.29 is 4.79 Å². The van der Waals surface area contributed by atoms with Crippen molar-refractivity contribution in [1.82, 2.24) is 4.57 Å². The summed E-state index contributed by atoms with van der Waals surface area (Å²) < 4.78 is 2.31. The minimum atomic E-state index is 0.0341. The normalized spacial score (nSPS) is 17.9. The van der Waals surface area contributed by atoms with Gasteiger partial charge in [-0.25, -0.2) is 0 Å². The molecule has 0 saturated heterocycles. The van der Waals surface area contributed by atoms with Crippen molar-refractivity contribution in [3.8, 4) is 0 Å². The molecule has 1 aromatic rings. The summed E-state index contributed by atoms with van der Waals surface area (Å²) >= 11 is 5.64. The van der Waals surface area contributed by atoms with Crippen LogP contribution in [0.15, 0.2) is 6.07 Å². The van der Waals surface area contributed by atoms with E-state index in [4.69, 9.17) is 11.6 Å². The zero-order chi connectivity index (χ0) is 12.6. The predicted molar refractivity (Wildman–Crippen MR) is 71.0 cm³/mol. The fourth-order valence-electron chi connectivity index (χ4n) is 2.89. The van der Waals surface area contributed by atoms with Gasteiger partial charge < -0.3 is 4.57 Å². The van der Waals surface area contributed by atoms with E-state index in [0.717, 1.165) is 17.2 Å². The largest absolute Gasteiger partial charge is 0.345 e. The van der Waals surface area contributed by atoms with E-state index in [2.05, 4.69) is 18.4 Å². The summed E-state index contributed by atoms with van der Waals surface area (Å²) in [7, 11) is 0. The molecule has 0 aliphatic heterocycles. The minimum absolute atomic E-state index is 0.0341. The molecule has 2 nitrogen and oxygen atoms in total. The summed E-state index contributed by atoms with van der Waals surface area (Å²) in [5.74, 6) is 0.882. The highest BCUT2D eigenvalue weighted by atomic mass is 35.5. The first kappa shape index (κ1) is 12.7. The number of alkyl halides is 1. The number of halogens is 1. The molecule has 3 heteroatoms. The van der Waals surface area contributed by atoms with Crippen LogP contribution in [0.5, 0.6) is 0 Å². The molecule has 1 aliphatic rings. The van der Waals surface area contributed by atoms with Crippen LogP contribution in [0.3, 0.4) is 0 Å². The van der Waals surface area contributed by atoms with Crippen LogP contribution in [-0.2, 0) is 0 Å². The lowest BCUT2D eigenvalue weighted by Gasteiger charge is -2.34. The van der Waals surface area contributed by atoms with Gasteiger partial charge >= 0.3 is 0 Å². The number of rotatable bonds is 4. The van der Waals surface area contributed by atoms with Gasteiger partial charge in [0.2, 0.25) is 0 Å². The van der Waals surface area contributed by atoms with Crippen LogP contribution >= 0.6 is 11.6 Å². The lowest BCUT2D eigenvalue weighted by Crippen LogP contribution is -2.24. The molecule has 0 N–H and O–H groups in total. The predicted octanol–water partition coefficient (Wildman–Crippen LogP) is 3.89. The van der Waals surface area contributed by atoms with Crippen LogP contribution in [0.4, 0.5) is 0 Å². The average molecular weight is 254 g/mol. The molecule has 1 unspecified atom stereocenters. The molecule has 1 saturated carbocycles. The fourth-order valence-corrected chi connectivity index (χ4v) is 3.04. The van der Waals surface area contributed by atoms with Crippen molar-refractivity contribution in [1.29, 1.82) is 0 Å². The van der Waals surface area contributed by atoms with Crippen molar-refractivity contribution in [2.24, 2.45) is 5.92 Å². The molecule has 0 bridgehead atoms. The standard InChI is InChI=1S/C14H20ClNO/c1-9-7-13(14(17)8-15)11(3)16(9)10(2)12-5-4-6-12/h7,10,12H,4-6,8H2,1-3H3. The van der Waals surface area contributed by atoms with Crippen LogP contribution in [0, 0.1) is 19.8 Å². The molecule has 0 spiro atoms. The van der Waals surface area contributed by atoms with Crippen molar-refractivity contribution in [3.05, 3.63) is 23.0 Å². The summed E-state index contributed by atoms with van der Waals surface area (Å²) in [5.41, 5.74) is 3.05. The molecule has 1 fully saturated rings. The Balaban J connectivity index is 2.33. The van der Waals surface area contributed by atoms with Gasteiger partial charge in [-0.15, -0.1) is 11.6 Å². The molecule has 1 atom stereocenters. The summed E-state index contributed by atoms with van der Waals surface area (Å²) in [6.07, 6.45) is 3.98. The third-order valence-electron chi connectivity index (χ3n) is 4.15. The third-order valence-corrected chi connectivity index (χ3v) is 4.39. The number of ketones is 1. The zero-order valence-corrected chi connectivity index (χ0v) is 11.5. The third kappa shape index (κ3) is 2.15. The van der Waals surface area contributed by atoms with Crippen LogP contribution < -0.4 is 0 Å². The molecule has 1 aromatic heterocycles. The first-order chi connectivity index (χ1) is 8.06. The second kappa shape index (κ2) is 4.85. The number of hydrogen-bond acceptors (Lipinski definition) is 1. The maximum Gasteiger partial charge on any atom is 0.179 e. The Bertz CT molecular complexity index is 432. The van der Waals surface area contributed by atoms with Crippen LogP contribution in [0.25, 0.3) is 0 Å².